The first-order valence-electron chi connectivity index (χ1n) is 2.31. The van der Waals surface area contributed by atoms with Crippen molar-refractivity contribution in [3.63, 3.8) is 0 Å². The zero-order chi connectivity index (χ0) is 6.85. The van der Waals surface area contributed by atoms with Crippen LogP contribution in [-0.2, 0) is 0 Å². The first-order valence-corrected chi connectivity index (χ1v) is 3.90. The van der Waals surface area contributed by atoms with Crippen LogP contribution in [0.1, 0.15) is 0 Å². The van der Waals surface area contributed by atoms with Crippen LogP contribution in [0.2, 0.25) is 0 Å². The Kier molecular flexibility index (Phi) is 4.71. The Labute approximate surface area is 88.3 Å². The molecule has 1 aromatic rings. The fourth-order valence-corrected chi connectivity index (χ4v) is 1.78. The SMILES string of the molecule is [Li+].[O-]c1cc(Br)cc(Br)c1. The van der Waals surface area contributed by atoms with Crippen molar-refractivity contribution >= 4 is 31.9 Å². The third kappa shape index (κ3) is 3.11. The van der Waals surface area contributed by atoms with Gasteiger partial charge in [0.15, 0.2) is 0 Å². The van der Waals surface area contributed by atoms with Crippen molar-refractivity contribution < 1.29 is 24.0 Å². The Bertz CT molecular complexity index is 177. The van der Waals surface area contributed by atoms with Crippen LogP contribution in [0.3, 0.4) is 0 Å². The number of halogens is 2. The van der Waals surface area contributed by atoms with Gasteiger partial charge >= 0.3 is 18.9 Å². The van der Waals surface area contributed by atoms with Crippen LogP contribution >= 0.6 is 31.9 Å². The van der Waals surface area contributed by atoms with E-state index in [4.69, 9.17) is 0 Å². The summed E-state index contributed by atoms with van der Waals surface area (Å²) in [6.45, 7) is 0. The van der Waals surface area contributed by atoms with E-state index in [0.717, 1.165) is 8.95 Å². The Morgan fingerprint density at radius 2 is 1.40 bits per heavy atom. The first kappa shape index (κ1) is 10.6. The summed E-state index contributed by atoms with van der Waals surface area (Å²) in [5.74, 6) is 0.0104. The molecule has 0 saturated carbocycles. The van der Waals surface area contributed by atoms with Gasteiger partial charge in [0.1, 0.15) is 0 Å². The molecular weight excluding hydrogens is 255 g/mol. The van der Waals surface area contributed by atoms with Crippen molar-refractivity contribution in [3.8, 4) is 5.75 Å². The molecule has 0 aromatic heterocycles. The van der Waals surface area contributed by atoms with Gasteiger partial charge in [0.25, 0.3) is 0 Å². The second-order valence-corrected chi connectivity index (χ2v) is 3.44. The molecule has 1 nitrogen and oxygen atoms in total. The minimum atomic E-state index is 0. The van der Waals surface area contributed by atoms with E-state index in [-0.39, 0.29) is 24.6 Å². The van der Waals surface area contributed by atoms with Crippen LogP contribution in [0.25, 0.3) is 0 Å². The minimum absolute atomic E-state index is 0. The summed E-state index contributed by atoms with van der Waals surface area (Å²) in [5, 5.41) is 10.7. The molecule has 0 aliphatic heterocycles. The molecule has 4 heteroatoms. The smallest absolute Gasteiger partial charge is 0.872 e. The summed E-state index contributed by atoms with van der Waals surface area (Å²) in [6.07, 6.45) is 0. The van der Waals surface area contributed by atoms with Crippen molar-refractivity contribution in [2.75, 3.05) is 0 Å². The molecule has 0 fully saturated rings. The monoisotopic (exact) mass is 256 g/mol. The van der Waals surface area contributed by atoms with E-state index in [0.29, 0.717) is 0 Å². The van der Waals surface area contributed by atoms with Crippen molar-refractivity contribution in [1.29, 1.82) is 0 Å². The molecule has 48 valence electrons. The van der Waals surface area contributed by atoms with Crippen LogP contribution in [0, 0.1) is 0 Å². The summed E-state index contributed by atoms with van der Waals surface area (Å²) in [6, 6.07) is 4.86. The van der Waals surface area contributed by atoms with Crippen molar-refractivity contribution in [2.24, 2.45) is 0 Å². The molecule has 0 aliphatic carbocycles. The molecule has 0 N–H and O–H groups in total. The second-order valence-electron chi connectivity index (χ2n) is 1.61. The van der Waals surface area contributed by atoms with E-state index in [1.807, 2.05) is 6.07 Å². The van der Waals surface area contributed by atoms with Crippen molar-refractivity contribution in [2.45, 2.75) is 0 Å². The Morgan fingerprint density at radius 3 is 1.70 bits per heavy atom. The number of hydrogen-bond acceptors (Lipinski definition) is 1. The van der Waals surface area contributed by atoms with Gasteiger partial charge in [-0.05, 0) is 6.07 Å². The first-order chi connectivity index (χ1) is 4.18. The zero-order valence-corrected chi connectivity index (χ0v) is 8.57. The van der Waals surface area contributed by atoms with E-state index < -0.39 is 0 Å². The molecule has 0 bridgehead atoms. The minimum Gasteiger partial charge on any atom is -0.872 e. The molecule has 1 rings (SSSR count). The van der Waals surface area contributed by atoms with Gasteiger partial charge < -0.3 is 5.11 Å². The maximum absolute atomic E-state index is 10.7. The third-order valence-corrected chi connectivity index (χ3v) is 1.75. The van der Waals surface area contributed by atoms with E-state index in [1.165, 1.54) is 12.1 Å². The van der Waals surface area contributed by atoms with Gasteiger partial charge in [-0.15, -0.1) is 5.75 Å². The average molecular weight is 258 g/mol. The predicted octanol–water partition coefficient (Wildman–Crippen LogP) is -0.711. The molecular formula is C6H3Br2LiO. The number of benzene rings is 1. The van der Waals surface area contributed by atoms with Gasteiger partial charge in [0, 0.05) is 8.95 Å². The molecule has 0 heterocycles. The van der Waals surface area contributed by atoms with Crippen LogP contribution < -0.4 is 24.0 Å². The molecule has 0 amide bonds. The topological polar surface area (TPSA) is 23.1 Å². The van der Waals surface area contributed by atoms with Gasteiger partial charge in [-0.2, -0.15) is 0 Å². The van der Waals surface area contributed by atoms with E-state index >= 15 is 0 Å². The van der Waals surface area contributed by atoms with Gasteiger partial charge in [-0.25, -0.2) is 0 Å². The van der Waals surface area contributed by atoms with Gasteiger partial charge in [0.05, 0.1) is 0 Å². The number of rotatable bonds is 0. The summed E-state index contributed by atoms with van der Waals surface area (Å²) in [7, 11) is 0. The van der Waals surface area contributed by atoms with Crippen LogP contribution in [0.4, 0.5) is 0 Å². The molecule has 1 aromatic carbocycles. The van der Waals surface area contributed by atoms with Gasteiger partial charge in [-0.3, -0.25) is 0 Å². The number of hydrogen-bond donors (Lipinski definition) is 0. The standard InChI is InChI=1S/C6H4Br2O.Li/c7-4-1-5(8)3-6(9)2-4;/h1-3,9H;/q;+1/p-1. The van der Waals surface area contributed by atoms with Gasteiger partial charge in [-0.1, -0.05) is 44.0 Å². The van der Waals surface area contributed by atoms with Crippen LogP contribution in [0.5, 0.6) is 5.75 Å². The summed E-state index contributed by atoms with van der Waals surface area (Å²) in [4.78, 5) is 0. The Hall–Kier alpha value is 0.577. The van der Waals surface area contributed by atoms with E-state index in [1.54, 1.807) is 0 Å². The van der Waals surface area contributed by atoms with Crippen LogP contribution in [-0.4, -0.2) is 0 Å². The Morgan fingerprint density at radius 1 is 1.00 bits per heavy atom. The normalized spacial score (nSPS) is 8.60. The molecule has 0 radical (unpaired) electrons. The molecule has 0 spiro atoms. The quantitative estimate of drug-likeness (QED) is 0.564. The average Bonchev–Trinajstić information content (AvgIpc) is 1.59. The van der Waals surface area contributed by atoms with Crippen molar-refractivity contribution in [3.05, 3.63) is 27.1 Å². The summed E-state index contributed by atoms with van der Waals surface area (Å²) in [5.41, 5.74) is 0. The maximum atomic E-state index is 10.7. The molecule has 0 saturated heterocycles. The zero-order valence-electron chi connectivity index (χ0n) is 5.40. The molecule has 10 heavy (non-hydrogen) atoms. The summed E-state index contributed by atoms with van der Waals surface area (Å²) < 4.78 is 1.61. The fraction of sp³-hybridized carbons (Fsp3) is 0. The molecule has 0 unspecified atom stereocenters. The van der Waals surface area contributed by atoms with E-state index in [2.05, 4.69) is 31.9 Å². The predicted molar refractivity (Wildman–Crippen MR) is 41.3 cm³/mol. The summed E-state index contributed by atoms with van der Waals surface area (Å²) >= 11 is 6.37. The van der Waals surface area contributed by atoms with E-state index in [9.17, 15) is 5.11 Å². The Balaban J connectivity index is 0.000000810. The fourth-order valence-electron chi connectivity index (χ4n) is 0.529. The van der Waals surface area contributed by atoms with Crippen molar-refractivity contribution in [1.82, 2.24) is 0 Å². The van der Waals surface area contributed by atoms with Gasteiger partial charge in [0.2, 0.25) is 0 Å². The third-order valence-electron chi connectivity index (χ3n) is 0.836. The molecule has 0 atom stereocenters. The van der Waals surface area contributed by atoms with Crippen LogP contribution in [0.15, 0.2) is 27.1 Å². The molecule has 0 aliphatic rings. The largest absolute Gasteiger partial charge is 1.00 e. The second kappa shape index (κ2) is 4.45. The maximum Gasteiger partial charge on any atom is 1.00 e.